The summed E-state index contributed by atoms with van der Waals surface area (Å²) in [6.07, 6.45) is 7.89. The fourth-order valence-corrected chi connectivity index (χ4v) is 3.58. The summed E-state index contributed by atoms with van der Waals surface area (Å²) in [6.45, 7) is 2.57. The minimum absolute atomic E-state index is 0.0296. The molecule has 1 aliphatic rings. The van der Waals surface area contributed by atoms with Crippen LogP contribution >= 0.6 is 0 Å². The SMILES string of the molecule is CCCCCCCCCOc1cc(O)c(O)c2c1C(=O)c1ccccc1C2=O. The van der Waals surface area contributed by atoms with Gasteiger partial charge in [-0.2, -0.15) is 0 Å². The van der Waals surface area contributed by atoms with Crippen molar-refractivity contribution < 1.29 is 24.5 Å². The Morgan fingerprint density at radius 2 is 1.39 bits per heavy atom. The zero-order chi connectivity index (χ0) is 20.1. The molecule has 0 atom stereocenters. The molecule has 2 aromatic rings. The van der Waals surface area contributed by atoms with Gasteiger partial charge >= 0.3 is 0 Å². The molecule has 0 saturated heterocycles. The van der Waals surface area contributed by atoms with Crippen LogP contribution in [0.5, 0.6) is 17.2 Å². The molecule has 0 fully saturated rings. The van der Waals surface area contributed by atoms with Crippen LogP contribution in [0.1, 0.15) is 83.7 Å². The van der Waals surface area contributed by atoms with Gasteiger partial charge < -0.3 is 14.9 Å². The molecular formula is C23H26O5. The third kappa shape index (κ3) is 3.88. The van der Waals surface area contributed by atoms with E-state index < -0.39 is 17.3 Å². The molecule has 5 heteroatoms. The lowest BCUT2D eigenvalue weighted by molar-refractivity contribution is 0.0972. The normalized spacial score (nSPS) is 12.6. The molecule has 0 bridgehead atoms. The van der Waals surface area contributed by atoms with E-state index in [-0.39, 0.29) is 33.8 Å². The van der Waals surface area contributed by atoms with Crippen molar-refractivity contribution in [3.05, 3.63) is 52.6 Å². The van der Waals surface area contributed by atoms with Gasteiger partial charge in [0.25, 0.3) is 0 Å². The van der Waals surface area contributed by atoms with E-state index in [2.05, 4.69) is 6.92 Å². The minimum atomic E-state index is -0.578. The van der Waals surface area contributed by atoms with Crippen LogP contribution in [0, 0.1) is 0 Å². The van der Waals surface area contributed by atoms with Gasteiger partial charge in [-0.05, 0) is 6.42 Å². The van der Waals surface area contributed by atoms with Gasteiger partial charge in [0.15, 0.2) is 23.1 Å². The van der Waals surface area contributed by atoms with Crippen molar-refractivity contribution in [3.8, 4) is 17.2 Å². The van der Waals surface area contributed by atoms with E-state index in [1.807, 2.05) is 0 Å². The molecule has 3 rings (SSSR count). The molecular weight excluding hydrogens is 356 g/mol. The van der Waals surface area contributed by atoms with E-state index in [0.717, 1.165) is 19.3 Å². The van der Waals surface area contributed by atoms with Crippen LogP contribution in [0.25, 0.3) is 0 Å². The predicted molar refractivity (Wildman–Crippen MR) is 107 cm³/mol. The molecule has 2 aromatic carbocycles. The van der Waals surface area contributed by atoms with Crippen LogP contribution in [0.4, 0.5) is 0 Å². The van der Waals surface area contributed by atoms with Crippen LogP contribution < -0.4 is 4.74 Å². The predicted octanol–water partition coefficient (Wildman–Crippen LogP) is 5.00. The second-order valence-electron chi connectivity index (χ2n) is 7.17. The van der Waals surface area contributed by atoms with E-state index in [1.54, 1.807) is 24.3 Å². The zero-order valence-corrected chi connectivity index (χ0v) is 16.2. The highest BCUT2D eigenvalue weighted by Gasteiger charge is 2.36. The quantitative estimate of drug-likeness (QED) is 0.402. The number of fused-ring (bicyclic) bond motifs is 2. The standard InChI is InChI=1S/C23H26O5/c1-2-3-4-5-6-7-10-13-28-18-14-17(24)23(27)20-19(18)21(25)15-11-8-9-12-16(15)22(20)26/h8-9,11-12,14,24,27H,2-7,10,13H2,1H3. The molecule has 2 N–H and O–H groups in total. The monoisotopic (exact) mass is 382 g/mol. The number of phenolic OH excluding ortho intramolecular Hbond substituents is 2. The molecule has 0 aliphatic heterocycles. The molecule has 0 radical (unpaired) electrons. The van der Waals surface area contributed by atoms with Gasteiger partial charge in [0, 0.05) is 17.2 Å². The average Bonchev–Trinajstić information content (AvgIpc) is 2.70. The van der Waals surface area contributed by atoms with Gasteiger partial charge in [0.2, 0.25) is 0 Å². The highest BCUT2D eigenvalue weighted by Crippen LogP contribution is 2.43. The molecule has 0 heterocycles. The number of rotatable bonds is 9. The van der Waals surface area contributed by atoms with E-state index >= 15 is 0 Å². The minimum Gasteiger partial charge on any atom is -0.504 e. The Morgan fingerprint density at radius 1 is 0.821 bits per heavy atom. The molecule has 28 heavy (non-hydrogen) atoms. The van der Waals surface area contributed by atoms with E-state index in [1.165, 1.54) is 31.7 Å². The number of aromatic hydroxyl groups is 2. The van der Waals surface area contributed by atoms with Crippen molar-refractivity contribution in [2.24, 2.45) is 0 Å². The van der Waals surface area contributed by atoms with Gasteiger partial charge in [-0.1, -0.05) is 69.7 Å². The number of hydrogen-bond acceptors (Lipinski definition) is 5. The summed E-state index contributed by atoms with van der Waals surface area (Å²) >= 11 is 0. The lowest BCUT2D eigenvalue weighted by atomic mass is 9.83. The fraction of sp³-hybridized carbons (Fsp3) is 0.391. The summed E-state index contributed by atoms with van der Waals surface area (Å²) in [4.78, 5) is 25.7. The lowest BCUT2D eigenvalue weighted by Gasteiger charge is -2.21. The third-order valence-corrected chi connectivity index (χ3v) is 5.12. The summed E-state index contributed by atoms with van der Waals surface area (Å²) in [5.74, 6) is -1.77. The number of benzene rings is 2. The second-order valence-corrected chi connectivity index (χ2v) is 7.17. The molecule has 0 spiro atoms. The summed E-state index contributed by atoms with van der Waals surface area (Å²) in [5.41, 5.74) is 0.352. The van der Waals surface area contributed by atoms with Crippen LogP contribution in [-0.4, -0.2) is 28.4 Å². The Hall–Kier alpha value is -2.82. The van der Waals surface area contributed by atoms with Crippen LogP contribution in [0.15, 0.2) is 30.3 Å². The maximum atomic E-state index is 12.9. The van der Waals surface area contributed by atoms with Gasteiger partial charge in [-0.3, -0.25) is 9.59 Å². The summed E-state index contributed by atoms with van der Waals surface area (Å²) in [7, 11) is 0. The van der Waals surface area contributed by atoms with E-state index in [4.69, 9.17) is 4.74 Å². The molecule has 0 saturated carbocycles. The average molecular weight is 382 g/mol. The van der Waals surface area contributed by atoms with Crippen molar-refractivity contribution in [3.63, 3.8) is 0 Å². The summed E-state index contributed by atoms with van der Waals surface area (Å²) in [6, 6.07) is 7.69. The zero-order valence-electron chi connectivity index (χ0n) is 16.2. The first-order chi connectivity index (χ1) is 13.6. The Labute approximate surface area is 165 Å². The van der Waals surface area contributed by atoms with Gasteiger partial charge in [0.05, 0.1) is 17.7 Å². The molecule has 0 aromatic heterocycles. The molecule has 0 amide bonds. The van der Waals surface area contributed by atoms with Crippen molar-refractivity contribution in [1.82, 2.24) is 0 Å². The number of ketones is 2. The topological polar surface area (TPSA) is 83.8 Å². The van der Waals surface area contributed by atoms with Gasteiger partial charge in [-0.15, -0.1) is 0 Å². The number of carbonyl (C=O) groups excluding carboxylic acids is 2. The molecule has 5 nitrogen and oxygen atoms in total. The molecule has 148 valence electrons. The highest BCUT2D eigenvalue weighted by molar-refractivity contribution is 6.30. The van der Waals surface area contributed by atoms with Crippen LogP contribution in [0.3, 0.4) is 0 Å². The van der Waals surface area contributed by atoms with Gasteiger partial charge in [-0.25, -0.2) is 0 Å². The first-order valence-corrected chi connectivity index (χ1v) is 9.96. The Balaban J connectivity index is 1.76. The van der Waals surface area contributed by atoms with Gasteiger partial charge in [0.1, 0.15) is 5.75 Å². The van der Waals surface area contributed by atoms with Crippen molar-refractivity contribution >= 4 is 11.6 Å². The third-order valence-electron chi connectivity index (χ3n) is 5.12. The Morgan fingerprint density at radius 3 is 2.04 bits per heavy atom. The van der Waals surface area contributed by atoms with Crippen molar-refractivity contribution in [2.75, 3.05) is 6.61 Å². The van der Waals surface area contributed by atoms with E-state index in [9.17, 15) is 19.8 Å². The van der Waals surface area contributed by atoms with Crippen molar-refractivity contribution in [1.29, 1.82) is 0 Å². The first kappa shape index (κ1) is 19.9. The van der Waals surface area contributed by atoms with Crippen LogP contribution in [0.2, 0.25) is 0 Å². The van der Waals surface area contributed by atoms with Crippen LogP contribution in [-0.2, 0) is 0 Å². The second kappa shape index (κ2) is 8.91. The molecule has 0 unspecified atom stereocenters. The summed E-state index contributed by atoms with van der Waals surface area (Å²) < 4.78 is 5.76. The number of unbranched alkanes of at least 4 members (excludes halogenated alkanes) is 6. The molecule has 1 aliphatic carbocycles. The first-order valence-electron chi connectivity index (χ1n) is 9.96. The lowest BCUT2D eigenvalue weighted by Crippen LogP contribution is -2.22. The smallest absolute Gasteiger partial charge is 0.198 e. The van der Waals surface area contributed by atoms with E-state index in [0.29, 0.717) is 6.61 Å². The Bertz CT molecular complexity index is 885. The highest BCUT2D eigenvalue weighted by atomic mass is 16.5. The van der Waals surface area contributed by atoms with Crippen molar-refractivity contribution in [2.45, 2.75) is 51.9 Å². The number of hydrogen-bond donors (Lipinski definition) is 2. The number of phenols is 2. The number of carbonyl (C=O) groups is 2. The Kier molecular flexibility index (Phi) is 6.34. The largest absolute Gasteiger partial charge is 0.504 e. The maximum absolute atomic E-state index is 12.9. The number of ether oxygens (including phenoxy) is 1. The maximum Gasteiger partial charge on any atom is 0.198 e. The summed E-state index contributed by atoms with van der Waals surface area (Å²) in [5, 5.41) is 20.3. The fourth-order valence-electron chi connectivity index (χ4n) is 3.58.